The van der Waals surface area contributed by atoms with E-state index in [-0.39, 0.29) is 23.7 Å². The van der Waals surface area contributed by atoms with Crippen LogP contribution in [0.25, 0.3) is 0 Å². The Hall–Kier alpha value is -1.22. The molecule has 108 valence electrons. The molecule has 0 heterocycles. The Labute approximate surface area is 111 Å². The van der Waals surface area contributed by atoms with Gasteiger partial charge in [0.2, 0.25) is 10.0 Å². The van der Waals surface area contributed by atoms with Gasteiger partial charge < -0.3 is 15.2 Å². The minimum Gasteiger partial charge on any atom is -0.396 e. The molecule has 0 aliphatic heterocycles. The predicted molar refractivity (Wildman–Crippen MR) is 68.7 cm³/mol. The number of methoxy groups -OCH3 is 1. The highest BCUT2D eigenvalue weighted by molar-refractivity contribution is 7.89. The van der Waals surface area contributed by atoms with Gasteiger partial charge in [-0.1, -0.05) is 0 Å². The number of anilines is 1. The van der Waals surface area contributed by atoms with Gasteiger partial charge in [0.1, 0.15) is 5.82 Å². The Morgan fingerprint density at radius 3 is 2.68 bits per heavy atom. The summed E-state index contributed by atoms with van der Waals surface area (Å²) in [6.45, 7) is 1.17. The number of hydrogen-bond acceptors (Lipinski definition) is 5. The first kappa shape index (κ1) is 15.8. The Morgan fingerprint density at radius 1 is 1.32 bits per heavy atom. The molecule has 19 heavy (non-hydrogen) atoms. The molecule has 0 unspecified atom stereocenters. The van der Waals surface area contributed by atoms with Gasteiger partial charge in [-0.15, -0.1) is 0 Å². The molecule has 1 aromatic carbocycles. The summed E-state index contributed by atoms with van der Waals surface area (Å²) in [6, 6.07) is 3.24. The predicted octanol–water partition coefficient (Wildman–Crippen LogP) is 0.349. The second kappa shape index (κ2) is 7.39. The zero-order valence-corrected chi connectivity index (χ0v) is 11.4. The van der Waals surface area contributed by atoms with Crippen LogP contribution in [0.2, 0.25) is 0 Å². The van der Waals surface area contributed by atoms with Crippen LogP contribution in [-0.2, 0) is 19.5 Å². The van der Waals surface area contributed by atoms with Crippen molar-refractivity contribution in [2.45, 2.75) is 4.90 Å². The number of benzene rings is 1. The van der Waals surface area contributed by atoms with Crippen LogP contribution in [0.5, 0.6) is 0 Å². The number of hydrogen-bond donors (Lipinski definition) is 2. The lowest BCUT2D eigenvalue weighted by Gasteiger charge is -2.08. The number of halogens is 1. The van der Waals surface area contributed by atoms with Gasteiger partial charge in [-0.3, -0.25) is 0 Å². The molecule has 0 saturated heterocycles. The van der Waals surface area contributed by atoms with Crippen LogP contribution in [0, 0.1) is 5.82 Å². The molecule has 8 heteroatoms. The third-order valence-electron chi connectivity index (χ3n) is 2.25. The molecule has 0 aliphatic carbocycles. The van der Waals surface area contributed by atoms with E-state index in [9.17, 15) is 12.8 Å². The molecule has 0 atom stereocenters. The van der Waals surface area contributed by atoms with E-state index in [1.54, 1.807) is 7.11 Å². The van der Waals surface area contributed by atoms with Crippen molar-refractivity contribution in [3.05, 3.63) is 24.0 Å². The van der Waals surface area contributed by atoms with Crippen molar-refractivity contribution in [2.75, 3.05) is 39.2 Å². The molecular formula is C11H17FN2O4S. The number of rotatable bonds is 8. The second-order valence-corrected chi connectivity index (χ2v) is 5.45. The van der Waals surface area contributed by atoms with E-state index in [1.807, 2.05) is 0 Å². The smallest absolute Gasteiger partial charge is 0.240 e. The molecule has 1 aromatic rings. The van der Waals surface area contributed by atoms with Gasteiger partial charge in [-0.25, -0.2) is 17.5 Å². The molecule has 0 aliphatic rings. The first-order valence-corrected chi connectivity index (χ1v) is 7.07. The molecule has 0 fully saturated rings. The molecule has 1 rings (SSSR count). The Kier molecular flexibility index (Phi) is 6.16. The summed E-state index contributed by atoms with van der Waals surface area (Å²) < 4.78 is 48.8. The Balaban J connectivity index is 2.49. The van der Waals surface area contributed by atoms with E-state index < -0.39 is 15.8 Å². The normalized spacial score (nSPS) is 11.7. The van der Waals surface area contributed by atoms with Crippen LogP contribution in [0.4, 0.5) is 10.1 Å². The summed E-state index contributed by atoms with van der Waals surface area (Å²) in [5.74, 6) is -0.651. The van der Waals surface area contributed by atoms with Crippen LogP contribution in [0.3, 0.4) is 0 Å². The maximum Gasteiger partial charge on any atom is 0.240 e. The number of nitrogen functional groups attached to an aromatic ring is 1. The maximum absolute atomic E-state index is 12.9. The number of nitrogens with two attached hydrogens (primary N) is 1. The van der Waals surface area contributed by atoms with Gasteiger partial charge >= 0.3 is 0 Å². The molecule has 0 radical (unpaired) electrons. The van der Waals surface area contributed by atoms with Gasteiger partial charge in [-0.05, 0) is 18.2 Å². The third-order valence-corrected chi connectivity index (χ3v) is 3.71. The molecular weight excluding hydrogens is 275 g/mol. The van der Waals surface area contributed by atoms with Gasteiger partial charge in [0.05, 0.1) is 30.4 Å². The summed E-state index contributed by atoms with van der Waals surface area (Å²) >= 11 is 0. The molecule has 6 nitrogen and oxygen atoms in total. The average Bonchev–Trinajstić information content (AvgIpc) is 2.36. The summed E-state index contributed by atoms with van der Waals surface area (Å²) in [7, 11) is -2.15. The lowest BCUT2D eigenvalue weighted by atomic mass is 10.3. The largest absolute Gasteiger partial charge is 0.396 e. The van der Waals surface area contributed by atoms with Crippen molar-refractivity contribution in [2.24, 2.45) is 0 Å². The number of sulfonamides is 1. The third kappa shape index (κ3) is 5.11. The zero-order chi connectivity index (χ0) is 14.3. The summed E-state index contributed by atoms with van der Waals surface area (Å²) in [4.78, 5) is -0.0803. The van der Waals surface area contributed by atoms with Gasteiger partial charge in [-0.2, -0.15) is 0 Å². The van der Waals surface area contributed by atoms with Crippen LogP contribution in [0.15, 0.2) is 23.1 Å². The van der Waals surface area contributed by atoms with Crippen LogP contribution < -0.4 is 10.5 Å². The first-order chi connectivity index (χ1) is 8.97. The van der Waals surface area contributed by atoms with Crippen molar-refractivity contribution < 1.29 is 22.3 Å². The molecule has 3 N–H and O–H groups in total. The standard InChI is InChI=1S/C11H17FN2O4S/c1-17-6-7-18-5-4-14-19(15,16)9-2-3-10(12)11(13)8-9/h2-3,8,14H,4-7,13H2,1H3. The zero-order valence-electron chi connectivity index (χ0n) is 10.6. The van der Waals surface area contributed by atoms with E-state index in [1.165, 1.54) is 0 Å². The average molecular weight is 292 g/mol. The topological polar surface area (TPSA) is 90.6 Å². The molecule has 0 amide bonds. The number of nitrogens with one attached hydrogen (secondary N) is 1. The molecule has 0 bridgehead atoms. The van der Waals surface area contributed by atoms with E-state index in [0.717, 1.165) is 18.2 Å². The second-order valence-electron chi connectivity index (χ2n) is 3.69. The SMILES string of the molecule is COCCOCCNS(=O)(=O)c1ccc(F)c(N)c1. The minimum atomic E-state index is -3.70. The number of ether oxygens (including phenoxy) is 2. The summed E-state index contributed by atoms with van der Waals surface area (Å²) in [5.41, 5.74) is 5.11. The highest BCUT2D eigenvalue weighted by Crippen LogP contribution is 2.16. The minimum absolute atomic E-state index is 0.0803. The van der Waals surface area contributed by atoms with Crippen LogP contribution >= 0.6 is 0 Å². The van der Waals surface area contributed by atoms with Gasteiger partial charge in [0.25, 0.3) is 0 Å². The van der Waals surface area contributed by atoms with Crippen molar-refractivity contribution in [1.29, 1.82) is 0 Å². The summed E-state index contributed by atoms with van der Waals surface area (Å²) in [6.07, 6.45) is 0. The lowest BCUT2D eigenvalue weighted by molar-refractivity contribution is 0.0736. The molecule has 0 spiro atoms. The van der Waals surface area contributed by atoms with Crippen molar-refractivity contribution >= 4 is 15.7 Å². The molecule has 0 aromatic heterocycles. The quantitative estimate of drug-likeness (QED) is 0.533. The van der Waals surface area contributed by atoms with Crippen molar-refractivity contribution in [3.8, 4) is 0 Å². The Morgan fingerprint density at radius 2 is 2.05 bits per heavy atom. The highest BCUT2D eigenvalue weighted by atomic mass is 32.2. The lowest BCUT2D eigenvalue weighted by Crippen LogP contribution is -2.28. The summed E-state index contributed by atoms with van der Waals surface area (Å²) in [5, 5.41) is 0. The van der Waals surface area contributed by atoms with E-state index >= 15 is 0 Å². The van der Waals surface area contributed by atoms with Gasteiger partial charge in [0.15, 0.2) is 0 Å². The fourth-order valence-electron chi connectivity index (χ4n) is 1.26. The monoisotopic (exact) mass is 292 g/mol. The van der Waals surface area contributed by atoms with Crippen molar-refractivity contribution in [3.63, 3.8) is 0 Å². The van der Waals surface area contributed by atoms with E-state index in [2.05, 4.69) is 4.72 Å². The Bertz CT molecular complexity index is 507. The maximum atomic E-state index is 12.9. The van der Waals surface area contributed by atoms with E-state index in [0.29, 0.717) is 13.2 Å². The molecule has 0 saturated carbocycles. The van der Waals surface area contributed by atoms with Crippen LogP contribution in [-0.4, -0.2) is 41.9 Å². The highest BCUT2D eigenvalue weighted by Gasteiger charge is 2.14. The van der Waals surface area contributed by atoms with Crippen LogP contribution in [0.1, 0.15) is 0 Å². The first-order valence-electron chi connectivity index (χ1n) is 5.59. The fraction of sp³-hybridized carbons (Fsp3) is 0.455. The van der Waals surface area contributed by atoms with Gasteiger partial charge in [0, 0.05) is 13.7 Å². The van der Waals surface area contributed by atoms with Crippen molar-refractivity contribution in [1.82, 2.24) is 4.72 Å². The fourth-order valence-corrected chi connectivity index (χ4v) is 2.31. The van der Waals surface area contributed by atoms with E-state index in [4.69, 9.17) is 15.2 Å².